The minimum absolute atomic E-state index is 0. The van der Waals surface area contributed by atoms with Crippen molar-refractivity contribution in [2.45, 2.75) is 26.4 Å². The first kappa shape index (κ1) is 27.2. The van der Waals surface area contributed by atoms with E-state index < -0.39 is 9.84 Å². The maximum absolute atomic E-state index is 11.0. The molecule has 0 aromatic heterocycles. The van der Waals surface area contributed by atoms with Crippen molar-refractivity contribution in [3.8, 4) is 5.75 Å². The smallest absolute Gasteiger partial charge is 0.191 e. The van der Waals surface area contributed by atoms with Crippen LogP contribution in [0.3, 0.4) is 0 Å². The van der Waals surface area contributed by atoms with Gasteiger partial charge in [0.05, 0.1) is 30.5 Å². The van der Waals surface area contributed by atoms with Crippen molar-refractivity contribution in [1.29, 1.82) is 0 Å². The topological polar surface area (TPSA) is 89.0 Å². The highest BCUT2D eigenvalue weighted by molar-refractivity contribution is 14.0. The molecule has 0 aliphatic rings. The molecule has 2 N–H and O–H groups in total. The van der Waals surface area contributed by atoms with Crippen molar-refractivity contribution in [1.82, 2.24) is 10.6 Å². The molecule has 10 heteroatoms. The number of sulfone groups is 1. The second-order valence-corrected chi connectivity index (χ2v) is 8.63. The fraction of sp³-hybridized carbons (Fsp3) is 0.611. The fourth-order valence-electron chi connectivity index (χ4n) is 2.06. The van der Waals surface area contributed by atoms with Gasteiger partial charge < -0.3 is 20.1 Å². The van der Waals surface area contributed by atoms with Crippen LogP contribution in [0.4, 0.5) is 0 Å². The first-order valence-corrected chi connectivity index (χ1v) is 11.5. The zero-order valence-electron chi connectivity index (χ0n) is 16.6. The molecule has 0 heterocycles. The monoisotopic (exact) mass is 547 g/mol. The number of para-hydroxylation sites is 1. The number of nitrogens with one attached hydrogen (secondary N) is 2. The van der Waals surface area contributed by atoms with Crippen molar-refractivity contribution in [3.05, 3.63) is 29.3 Å². The maximum atomic E-state index is 11.0. The molecule has 1 unspecified atom stereocenters. The van der Waals surface area contributed by atoms with Gasteiger partial charge in [0.2, 0.25) is 0 Å². The molecule has 1 rings (SSSR count). The lowest BCUT2D eigenvalue weighted by molar-refractivity contribution is 0.154. The molecule has 0 radical (unpaired) electrons. The minimum Gasteiger partial charge on any atom is -0.487 e. The molecule has 0 aliphatic carbocycles. The maximum Gasteiger partial charge on any atom is 0.191 e. The van der Waals surface area contributed by atoms with Gasteiger partial charge in [0.1, 0.15) is 21.7 Å². The Balaban J connectivity index is 0.00000729. The summed E-state index contributed by atoms with van der Waals surface area (Å²) in [5.74, 6) is 1.34. The lowest BCUT2D eigenvalue weighted by Crippen LogP contribution is -2.40. The molecule has 1 aromatic carbocycles. The molecule has 28 heavy (non-hydrogen) atoms. The van der Waals surface area contributed by atoms with Crippen LogP contribution in [0.5, 0.6) is 5.75 Å². The summed E-state index contributed by atoms with van der Waals surface area (Å²) in [5, 5.41) is 6.89. The summed E-state index contributed by atoms with van der Waals surface area (Å²) in [6, 6.07) is 7.38. The number of ether oxygens (including phenoxy) is 2. The molecule has 7 nitrogen and oxygen atoms in total. The second-order valence-electron chi connectivity index (χ2n) is 5.97. The van der Waals surface area contributed by atoms with E-state index >= 15 is 0 Å². The Morgan fingerprint density at radius 1 is 1.21 bits per heavy atom. The largest absolute Gasteiger partial charge is 0.487 e. The van der Waals surface area contributed by atoms with Crippen LogP contribution in [0.15, 0.2) is 29.3 Å². The summed E-state index contributed by atoms with van der Waals surface area (Å²) < 4.78 is 33.3. The van der Waals surface area contributed by atoms with Gasteiger partial charge in [-0.25, -0.2) is 13.4 Å². The van der Waals surface area contributed by atoms with Crippen LogP contribution in [0.2, 0.25) is 5.02 Å². The van der Waals surface area contributed by atoms with Gasteiger partial charge in [-0.15, -0.1) is 24.0 Å². The van der Waals surface area contributed by atoms with Crippen LogP contribution in [0, 0.1) is 0 Å². The molecule has 1 atom stereocenters. The van der Waals surface area contributed by atoms with Gasteiger partial charge in [0.25, 0.3) is 0 Å². The standard InChI is InChI=1S/C18H30ClN3O4S.HI/c1-4-15(26-17-9-7-6-8-16(17)19)14-22-18(20-5-2)21-10-11-25-12-13-27(3,23)24;/h6-9,15H,4-5,10-14H2,1-3H3,(H2,20,21,22);1H. The van der Waals surface area contributed by atoms with E-state index in [9.17, 15) is 8.42 Å². The quantitative estimate of drug-likeness (QED) is 0.181. The van der Waals surface area contributed by atoms with E-state index in [1.807, 2.05) is 32.0 Å². The zero-order chi connectivity index (χ0) is 20.1. The predicted octanol–water partition coefficient (Wildman–Crippen LogP) is 2.73. The van der Waals surface area contributed by atoms with Crippen LogP contribution in [-0.2, 0) is 14.6 Å². The molecule has 0 spiro atoms. The Kier molecular flexibility index (Phi) is 14.7. The molecule has 162 valence electrons. The number of hydrogen-bond acceptors (Lipinski definition) is 5. The third kappa shape index (κ3) is 12.6. The fourth-order valence-corrected chi connectivity index (χ4v) is 2.66. The van der Waals surface area contributed by atoms with Crippen LogP contribution in [-0.4, -0.2) is 65.3 Å². The van der Waals surface area contributed by atoms with Gasteiger partial charge >= 0.3 is 0 Å². The van der Waals surface area contributed by atoms with E-state index in [0.29, 0.717) is 36.4 Å². The summed E-state index contributed by atoms with van der Waals surface area (Å²) in [4.78, 5) is 4.54. The highest BCUT2D eigenvalue weighted by Gasteiger charge is 2.10. The lowest BCUT2D eigenvalue weighted by atomic mass is 10.2. The van der Waals surface area contributed by atoms with Crippen molar-refractivity contribution >= 4 is 51.4 Å². The Labute approximate surface area is 190 Å². The Morgan fingerprint density at radius 3 is 2.54 bits per heavy atom. The van der Waals surface area contributed by atoms with Crippen molar-refractivity contribution in [2.24, 2.45) is 4.99 Å². The summed E-state index contributed by atoms with van der Waals surface area (Å²) >= 11 is 6.14. The van der Waals surface area contributed by atoms with Crippen molar-refractivity contribution < 1.29 is 17.9 Å². The molecule has 1 aromatic rings. The Hall–Kier alpha value is -0.780. The van der Waals surface area contributed by atoms with Gasteiger partial charge in [-0.05, 0) is 25.5 Å². The van der Waals surface area contributed by atoms with E-state index in [1.54, 1.807) is 6.07 Å². The minimum atomic E-state index is -2.99. The molecule has 0 amide bonds. The van der Waals surface area contributed by atoms with E-state index in [2.05, 4.69) is 15.6 Å². The molecule has 0 saturated carbocycles. The highest BCUT2D eigenvalue weighted by atomic mass is 127. The summed E-state index contributed by atoms with van der Waals surface area (Å²) in [5.41, 5.74) is 0. The van der Waals surface area contributed by atoms with Gasteiger partial charge in [0, 0.05) is 19.3 Å². The van der Waals surface area contributed by atoms with Gasteiger partial charge in [0.15, 0.2) is 5.96 Å². The van der Waals surface area contributed by atoms with Gasteiger partial charge in [-0.2, -0.15) is 0 Å². The van der Waals surface area contributed by atoms with E-state index in [4.69, 9.17) is 21.1 Å². The normalized spacial score (nSPS) is 12.8. The summed E-state index contributed by atoms with van der Waals surface area (Å²) in [7, 11) is -2.99. The first-order chi connectivity index (χ1) is 12.9. The van der Waals surface area contributed by atoms with Crippen LogP contribution in [0.1, 0.15) is 20.3 Å². The lowest BCUT2D eigenvalue weighted by Gasteiger charge is -2.18. The number of guanidine groups is 1. The van der Waals surface area contributed by atoms with E-state index in [0.717, 1.165) is 13.0 Å². The average Bonchev–Trinajstić information content (AvgIpc) is 2.61. The SMILES string of the molecule is CCNC(=NCC(CC)Oc1ccccc1Cl)NCCOCCS(C)(=O)=O.I. The van der Waals surface area contributed by atoms with E-state index in [1.165, 1.54) is 6.26 Å². The second kappa shape index (κ2) is 15.1. The van der Waals surface area contributed by atoms with Crippen LogP contribution in [0.25, 0.3) is 0 Å². The number of nitrogens with zero attached hydrogens (tertiary/aromatic N) is 1. The number of halogens is 2. The first-order valence-electron chi connectivity index (χ1n) is 9.04. The Morgan fingerprint density at radius 2 is 1.93 bits per heavy atom. The molecule has 0 bridgehead atoms. The molecule has 0 saturated heterocycles. The van der Waals surface area contributed by atoms with Gasteiger partial charge in [-0.3, -0.25) is 0 Å². The Bertz CT molecular complexity index is 689. The molecular formula is C18H31ClIN3O4S. The number of rotatable bonds is 12. The number of aliphatic imine (C=N–C) groups is 1. The average molecular weight is 548 g/mol. The van der Waals surface area contributed by atoms with Crippen molar-refractivity contribution in [3.63, 3.8) is 0 Å². The molecule has 0 fully saturated rings. The number of benzene rings is 1. The van der Waals surface area contributed by atoms with Gasteiger partial charge in [-0.1, -0.05) is 30.7 Å². The molecule has 0 aliphatic heterocycles. The third-order valence-electron chi connectivity index (χ3n) is 3.52. The predicted molar refractivity (Wildman–Crippen MR) is 126 cm³/mol. The molecular weight excluding hydrogens is 517 g/mol. The van der Waals surface area contributed by atoms with Crippen molar-refractivity contribution in [2.75, 3.05) is 44.9 Å². The third-order valence-corrected chi connectivity index (χ3v) is 4.74. The summed E-state index contributed by atoms with van der Waals surface area (Å²) in [6.07, 6.45) is 1.90. The highest BCUT2D eigenvalue weighted by Crippen LogP contribution is 2.24. The van der Waals surface area contributed by atoms with E-state index in [-0.39, 0.29) is 42.4 Å². The number of hydrogen-bond donors (Lipinski definition) is 2. The van der Waals surface area contributed by atoms with Crippen LogP contribution >= 0.6 is 35.6 Å². The van der Waals surface area contributed by atoms with Crippen LogP contribution < -0.4 is 15.4 Å². The summed E-state index contributed by atoms with van der Waals surface area (Å²) in [6.45, 7) is 6.34. The zero-order valence-corrected chi connectivity index (χ0v) is 20.5.